The first-order valence-corrected chi connectivity index (χ1v) is 6.02. The number of aromatic nitrogens is 3. The van der Waals surface area contributed by atoms with Crippen molar-refractivity contribution in [2.75, 3.05) is 6.54 Å². The van der Waals surface area contributed by atoms with Crippen molar-refractivity contribution in [2.24, 2.45) is 5.10 Å². The molecule has 0 bridgehead atoms. The predicted octanol–water partition coefficient (Wildman–Crippen LogP) is 1.63. The van der Waals surface area contributed by atoms with Crippen molar-refractivity contribution in [1.82, 2.24) is 19.6 Å². The minimum atomic E-state index is 0.474. The lowest BCUT2D eigenvalue weighted by Gasteiger charge is -2.10. The second-order valence-corrected chi connectivity index (χ2v) is 4.22. The van der Waals surface area contributed by atoms with Gasteiger partial charge in [0, 0.05) is 24.5 Å². The largest absolute Gasteiger partial charge is 0.273 e. The van der Waals surface area contributed by atoms with Crippen LogP contribution in [0, 0.1) is 11.3 Å². The van der Waals surface area contributed by atoms with E-state index in [1.807, 2.05) is 31.1 Å². The van der Waals surface area contributed by atoms with Gasteiger partial charge in [0.1, 0.15) is 11.6 Å². The summed E-state index contributed by atoms with van der Waals surface area (Å²) in [5.41, 5.74) is 3.74. The Morgan fingerprint density at radius 2 is 2.21 bits per heavy atom. The number of nitrogens with zero attached hydrogens (tertiary/aromatic N) is 6. The smallest absolute Gasteiger partial charge is 0.173 e. The summed E-state index contributed by atoms with van der Waals surface area (Å²) >= 11 is 0. The number of fused-ring (bicyclic) bond motifs is 3. The van der Waals surface area contributed by atoms with E-state index in [0.29, 0.717) is 11.2 Å². The molecule has 3 rings (SSSR count). The lowest BCUT2D eigenvalue weighted by atomic mass is 10.1. The molecule has 6 nitrogen and oxygen atoms in total. The van der Waals surface area contributed by atoms with E-state index in [2.05, 4.69) is 21.3 Å². The van der Waals surface area contributed by atoms with E-state index in [1.165, 1.54) is 6.20 Å². The maximum Gasteiger partial charge on any atom is 0.173 e. The standard InChI is InChI=1S/C13H12N6/c1-3-18-5-4-12-11(9(2)17-18)8-15-13-10(6-14)7-16-19(12)13/h4-5,7-8H,3H2,1-2H3. The Morgan fingerprint density at radius 3 is 2.95 bits per heavy atom. The lowest BCUT2D eigenvalue weighted by Crippen LogP contribution is -2.10. The first-order valence-electron chi connectivity index (χ1n) is 6.02. The van der Waals surface area contributed by atoms with Gasteiger partial charge in [-0.1, -0.05) is 0 Å². The Bertz CT molecular complexity index is 746. The van der Waals surface area contributed by atoms with E-state index in [9.17, 15) is 0 Å². The summed E-state index contributed by atoms with van der Waals surface area (Å²) < 4.78 is 1.68. The summed E-state index contributed by atoms with van der Waals surface area (Å²) in [4.78, 5) is 4.31. The van der Waals surface area contributed by atoms with Crippen LogP contribution in [0.1, 0.15) is 30.7 Å². The highest BCUT2D eigenvalue weighted by atomic mass is 15.4. The molecule has 3 heterocycles. The normalized spacial score (nSPS) is 13.9. The van der Waals surface area contributed by atoms with E-state index in [4.69, 9.17) is 5.26 Å². The van der Waals surface area contributed by atoms with Gasteiger partial charge >= 0.3 is 0 Å². The Morgan fingerprint density at radius 1 is 1.37 bits per heavy atom. The van der Waals surface area contributed by atoms with Gasteiger partial charge in [-0.05, 0) is 19.9 Å². The predicted molar refractivity (Wildman–Crippen MR) is 71.3 cm³/mol. The third-order valence-electron chi connectivity index (χ3n) is 3.08. The van der Waals surface area contributed by atoms with E-state index in [-0.39, 0.29) is 0 Å². The minimum Gasteiger partial charge on any atom is -0.273 e. The lowest BCUT2D eigenvalue weighted by molar-refractivity contribution is 0.425. The zero-order valence-electron chi connectivity index (χ0n) is 10.7. The van der Waals surface area contributed by atoms with Crippen molar-refractivity contribution in [3.05, 3.63) is 35.4 Å². The number of nitriles is 1. The van der Waals surface area contributed by atoms with Crippen molar-refractivity contribution in [3.63, 3.8) is 0 Å². The maximum absolute atomic E-state index is 9.02. The van der Waals surface area contributed by atoms with Crippen molar-refractivity contribution in [1.29, 1.82) is 5.26 Å². The topological polar surface area (TPSA) is 69.6 Å². The van der Waals surface area contributed by atoms with E-state index < -0.39 is 0 Å². The van der Waals surface area contributed by atoms with Gasteiger partial charge in [0.05, 0.1) is 17.6 Å². The molecular weight excluding hydrogens is 240 g/mol. The number of hydrazone groups is 1. The third-order valence-corrected chi connectivity index (χ3v) is 3.08. The molecule has 0 fully saturated rings. The number of hydrogen-bond donors (Lipinski definition) is 0. The quantitative estimate of drug-likeness (QED) is 0.773. The van der Waals surface area contributed by atoms with E-state index >= 15 is 0 Å². The molecule has 0 amide bonds. The second kappa shape index (κ2) is 4.21. The van der Waals surface area contributed by atoms with Crippen LogP contribution in [0.5, 0.6) is 0 Å². The van der Waals surface area contributed by atoms with Crippen molar-refractivity contribution < 1.29 is 0 Å². The molecule has 0 radical (unpaired) electrons. The van der Waals surface area contributed by atoms with Gasteiger partial charge in [-0.15, -0.1) is 0 Å². The van der Waals surface area contributed by atoms with Crippen LogP contribution in [0.25, 0.3) is 11.7 Å². The molecule has 1 aliphatic rings. The van der Waals surface area contributed by atoms with Gasteiger partial charge in [-0.25, -0.2) is 9.50 Å². The summed E-state index contributed by atoms with van der Waals surface area (Å²) in [5.74, 6) is 0. The maximum atomic E-state index is 9.02. The van der Waals surface area contributed by atoms with Crippen LogP contribution in [-0.4, -0.2) is 31.9 Å². The minimum absolute atomic E-state index is 0.474. The molecule has 0 N–H and O–H groups in total. The molecule has 1 aliphatic heterocycles. The fourth-order valence-electron chi connectivity index (χ4n) is 2.08. The van der Waals surface area contributed by atoms with Crippen molar-refractivity contribution in [3.8, 4) is 6.07 Å². The third kappa shape index (κ3) is 1.67. The molecule has 19 heavy (non-hydrogen) atoms. The molecule has 2 aromatic rings. The summed E-state index contributed by atoms with van der Waals surface area (Å²) in [6.07, 6.45) is 7.13. The first-order chi connectivity index (χ1) is 9.24. The van der Waals surface area contributed by atoms with Crippen LogP contribution in [-0.2, 0) is 0 Å². The average Bonchev–Trinajstić information content (AvgIpc) is 2.78. The van der Waals surface area contributed by atoms with Crippen LogP contribution < -0.4 is 0 Å². The molecule has 0 aliphatic carbocycles. The van der Waals surface area contributed by atoms with Gasteiger partial charge in [-0.2, -0.15) is 15.5 Å². The van der Waals surface area contributed by atoms with Gasteiger partial charge in [0.25, 0.3) is 0 Å². The highest BCUT2D eigenvalue weighted by molar-refractivity contribution is 6.01. The summed E-state index contributed by atoms with van der Waals surface area (Å²) in [6, 6.07) is 2.09. The van der Waals surface area contributed by atoms with Crippen molar-refractivity contribution in [2.45, 2.75) is 13.8 Å². The van der Waals surface area contributed by atoms with Crippen LogP contribution in [0.15, 0.2) is 23.7 Å². The SMILES string of the molecule is CCN1C=Cc2c(cnc3c(C#N)cnn23)C(C)=N1. The molecule has 94 valence electrons. The molecule has 0 saturated heterocycles. The van der Waals surface area contributed by atoms with Gasteiger partial charge < -0.3 is 0 Å². The van der Waals surface area contributed by atoms with Crippen LogP contribution >= 0.6 is 0 Å². The Hall–Kier alpha value is -2.68. The fraction of sp³-hybridized carbons (Fsp3) is 0.231. The zero-order valence-corrected chi connectivity index (χ0v) is 10.7. The summed E-state index contributed by atoms with van der Waals surface area (Å²) in [7, 11) is 0. The molecule has 0 atom stereocenters. The summed E-state index contributed by atoms with van der Waals surface area (Å²) in [5, 5.41) is 19.6. The Labute approximate surface area is 110 Å². The van der Waals surface area contributed by atoms with E-state index in [0.717, 1.165) is 23.5 Å². The monoisotopic (exact) mass is 252 g/mol. The number of hydrogen-bond acceptors (Lipinski definition) is 5. The number of rotatable bonds is 1. The molecule has 2 aromatic heterocycles. The molecule has 6 heteroatoms. The molecule has 0 aromatic carbocycles. The van der Waals surface area contributed by atoms with Gasteiger partial charge in [0.15, 0.2) is 5.65 Å². The zero-order chi connectivity index (χ0) is 13.4. The summed E-state index contributed by atoms with van der Waals surface area (Å²) in [6.45, 7) is 4.77. The molecule has 0 spiro atoms. The molecular formula is C13H12N6. The van der Waals surface area contributed by atoms with Gasteiger partial charge in [-0.3, -0.25) is 5.01 Å². The average molecular weight is 252 g/mol. The van der Waals surface area contributed by atoms with Crippen LogP contribution in [0.4, 0.5) is 0 Å². The second-order valence-electron chi connectivity index (χ2n) is 4.22. The van der Waals surface area contributed by atoms with Crippen LogP contribution in [0.3, 0.4) is 0 Å². The highest BCUT2D eigenvalue weighted by Crippen LogP contribution is 2.19. The van der Waals surface area contributed by atoms with Gasteiger partial charge in [0.2, 0.25) is 0 Å². The molecule has 0 saturated carbocycles. The molecule has 0 unspecified atom stereocenters. The fourth-order valence-corrected chi connectivity index (χ4v) is 2.08. The Kier molecular flexibility index (Phi) is 2.53. The van der Waals surface area contributed by atoms with Crippen LogP contribution in [0.2, 0.25) is 0 Å². The van der Waals surface area contributed by atoms with E-state index in [1.54, 1.807) is 10.7 Å². The highest BCUT2D eigenvalue weighted by Gasteiger charge is 2.15. The Balaban J connectivity index is 2.30. The first kappa shape index (κ1) is 11.4. The van der Waals surface area contributed by atoms with Crippen molar-refractivity contribution >= 4 is 17.4 Å².